The van der Waals surface area contributed by atoms with Gasteiger partial charge in [-0.3, -0.25) is 4.99 Å². The first-order valence-corrected chi connectivity index (χ1v) is 9.12. The molecule has 0 amide bonds. The Morgan fingerprint density at radius 2 is 1.86 bits per heavy atom. The number of fused-ring (bicyclic) bond motifs is 1. The van der Waals surface area contributed by atoms with E-state index in [4.69, 9.17) is 0 Å². The topological polar surface area (TPSA) is 61.4 Å². The molecule has 0 spiro atoms. The summed E-state index contributed by atoms with van der Waals surface area (Å²) in [6, 6.07) is 14.9. The van der Waals surface area contributed by atoms with Gasteiger partial charge in [0.1, 0.15) is 5.75 Å². The monoisotopic (exact) mass is 386 g/mol. The van der Waals surface area contributed by atoms with Gasteiger partial charge in [0, 0.05) is 42.3 Å². The van der Waals surface area contributed by atoms with Crippen LogP contribution in [0, 0.1) is 6.92 Å². The lowest BCUT2D eigenvalue weighted by atomic mass is 10.1. The Morgan fingerprint density at radius 1 is 1.11 bits per heavy atom. The van der Waals surface area contributed by atoms with Crippen LogP contribution in [0.4, 0.5) is 8.78 Å². The lowest BCUT2D eigenvalue weighted by Gasteiger charge is -2.14. The summed E-state index contributed by atoms with van der Waals surface area (Å²) in [4.78, 5) is 7.59. The lowest BCUT2D eigenvalue weighted by Crippen LogP contribution is -2.38. The lowest BCUT2D eigenvalue weighted by molar-refractivity contribution is -0.0504. The predicted octanol–water partition coefficient (Wildman–Crippen LogP) is 3.99. The molecule has 7 heteroatoms. The fourth-order valence-electron chi connectivity index (χ4n) is 3.22. The van der Waals surface area contributed by atoms with Gasteiger partial charge in [-0.05, 0) is 31.0 Å². The molecule has 0 bridgehead atoms. The Kier molecular flexibility index (Phi) is 6.47. The van der Waals surface area contributed by atoms with Crippen molar-refractivity contribution in [2.24, 2.45) is 4.99 Å². The highest BCUT2D eigenvalue weighted by Crippen LogP contribution is 2.22. The molecular formula is C21H24F2N4O. The largest absolute Gasteiger partial charge is 0.434 e. The molecule has 0 atom stereocenters. The van der Waals surface area contributed by atoms with Crippen molar-refractivity contribution in [1.82, 2.24) is 15.6 Å². The summed E-state index contributed by atoms with van der Waals surface area (Å²) < 4.78 is 29.6. The summed E-state index contributed by atoms with van der Waals surface area (Å²) in [7, 11) is 1.67. The van der Waals surface area contributed by atoms with Crippen LogP contribution >= 0.6 is 0 Å². The van der Waals surface area contributed by atoms with Crippen molar-refractivity contribution < 1.29 is 13.5 Å². The van der Waals surface area contributed by atoms with E-state index in [0.717, 1.165) is 17.6 Å². The first-order valence-electron chi connectivity index (χ1n) is 9.12. The maximum Gasteiger partial charge on any atom is 0.387 e. The number of rotatable bonds is 7. The first kappa shape index (κ1) is 19.7. The number of hydrogen-bond donors (Lipinski definition) is 3. The molecule has 1 heterocycles. The van der Waals surface area contributed by atoms with Crippen molar-refractivity contribution in [3.63, 3.8) is 0 Å². The van der Waals surface area contributed by atoms with Gasteiger partial charge in [-0.25, -0.2) is 0 Å². The summed E-state index contributed by atoms with van der Waals surface area (Å²) in [5.74, 6) is 0.763. The zero-order valence-electron chi connectivity index (χ0n) is 15.9. The summed E-state index contributed by atoms with van der Waals surface area (Å²) >= 11 is 0. The molecule has 5 nitrogen and oxygen atoms in total. The van der Waals surface area contributed by atoms with E-state index in [9.17, 15) is 8.78 Å². The molecule has 148 valence electrons. The van der Waals surface area contributed by atoms with Gasteiger partial charge in [0.2, 0.25) is 0 Å². The number of alkyl halides is 2. The van der Waals surface area contributed by atoms with Crippen molar-refractivity contribution >= 4 is 16.9 Å². The molecular weight excluding hydrogens is 362 g/mol. The Morgan fingerprint density at radius 3 is 2.64 bits per heavy atom. The van der Waals surface area contributed by atoms with Crippen molar-refractivity contribution in [2.45, 2.75) is 26.5 Å². The van der Waals surface area contributed by atoms with Gasteiger partial charge in [-0.2, -0.15) is 8.78 Å². The number of aliphatic imine (C=N–C) groups is 1. The van der Waals surface area contributed by atoms with E-state index in [2.05, 4.69) is 44.4 Å². The van der Waals surface area contributed by atoms with Gasteiger partial charge in [0.25, 0.3) is 0 Å². The van der Waals surface area contributed by atoms with Crippen molar-refractivity contribution in [3.05, 3.63) is 65.4 Å². The highest BCUT2D eigenvalue weighted by atomic mass is 19.3. The number of nitrogens with one attached hydrogen (secondary N) is 3. The maximum absolute atomic E-state index is 12.5. The average Bonchev–Trinajstić information content (AvgIpc) is 3.00. The molecule has 0 saturated carbocycles. The van der Waals surface area contributed by atoms with Crippen LogP contribution in [0.2, 0.25) is 0 Å². The van der Waals surface area contributed by atoms with Crippen LogP contribution in [0.5, 0.6) is 5.75 Å². The predicted molar refractivity (Wildman–Crippen MR) is 108 cm³/mol. The van der Waals surface area contributed by atoms with Crippen LogP contribution in [0.1, 0.15) is 16.8 Å². The smallest absolute Gasteiger partial charge is 0.387 e. The highest BCUT2D eigenvalue weighted by molar-refractivity contribution is 5.84. The highest BCUT2D eigenvalue weighted by Gasteiger charge is 2.10. The first-order chi connectivity index (χ1) is 13.6. The number of H-pyrrole nitrogens is 1. The summed E-state index contributed by atoms with van der Waals surface area (Å²) in [5.41, 5.74) is 4.20. The zero-order valence-corrected chi connectivity index (χ0v) is 15.9. The van der Waals surface area contributed by atoms with E-state index in [0.29, 0.717) is 24.6 Å². The Labute approximate surface area is 162 Å². The third-order valence-electron chi connectivity index (χ3n) is 4.55. The second-order valence-corrected chi connectivity index (χ2v) is 6.36. The number of benzene rings is 2. The van der Waals surface area contributed by atoms with E-state index in [-0.39, 0.29) is 5.75 Å². The maximum atomic E-state index is 12.5. The SMILES string of the molecule is CN=C(NCCc1c(C)[nH]c2ccccc12)NCc1ccccc1OC(F)F. The number of hydrogen-bond acceptors (Lipinski definition) is 2. The van der Waals surface area contributed by atoms with Crippen molar-refractivity contribution in [3.8, 4) is 5.75 Å². The Hall–Kier alpha value is -3.09. The normalized spacial score (nSPS) is 11.8. The number of halogens is 2. The van der Waals surface area contributed by atoms with E-state index in [1.54, 1.807) is 25.2 Å². The van der Waals surface area contributed by atoms with E-state index >= 15 is 0 Å². The van der Waals surface area contributed by atoms with Gasteiger partial charge in [-0.15, -0.1) is 0 Å². The van der Waals surface area contributed by atoms with Gasteiger partial charge >= 0.3 is 6.61 Å². The average molecular weight is 386 g/mol. The fraction of sp³-hybridized carbons (Fsp3) is 0.286. The minimum absolute atomic E-state index is 0.162. The number of ether oxygens (including phenoxy) is 1. The second-order valence-electron chi connectivity index (χ2n) is 6.36. The molecule has 1 aromatic heterocycles. The quantitative estimate of drug-likeness (QED) is 0.425. The molecule has 28 heavy (non-hydrogen) atoms. The molecule has 0 fully saturated rings. The number of nitrogens with zero attached hydrogens (tertiary/aromatic N) is 1. The number of aromatic nitrogens is 1. The van der Waals surface area contributed by atoms with Crippen LogP contribution in [0.15, 0.2) is 53.5 Å². The Bertz CT molecular complexity index is 952. The van der Waals surface area contributed by atoms with Gasteiger partial charge < -0.3 is 20.4 Å². The van der Waals surface area contributed by atoms with E-state index in [1.165, 1.54) is 17.0 Å². The van der Waals surface area contributed by atoms with Crippen LogP contribution in [0.25, 0.3) is 10.9 Å². The van der Waals surface area contributed by atoms with Crippen LogP contribution in [-0.2, 0) is 13.0 Å². The molecule has 3 N–H and O–H groups in total. The number of aryl methyl sites for hydroxylation is 1. The van der Waals surface area contributed by atoms with Crippen LogP contribution < -0.4 is 15.4 Å². The van der Waals surface area contributed by atoms with Crippen molar-refractivity contribution in [1.29, 1.82) is 0 Å². The molecule has 0 radical (unpaired) electrons. The van der Waals surface area contributed by atoms with Crippen LogP contribution in [0.3, 0.4) is 0 Å². The molecule has 0 aliphatic heterocycles. The second kappa shape index (κ2) is 9.21. The van der Waals surface area contributed by atoms with E-state index < -0.39 is 6.61 Å². The summed E-state index contributed by atoms with van der Waals surface area (Å²) in [5, 5.41) is 7.63. The van der Waals surface area contributed by atoms with E-state index in [1.807, 2.05) is 12.1 Å². The van der Waals surface area contributed by atoms with Gasteiger partial charge in [0.15, 0.2) is 5.96 Å². The number of para-hydroxylation sites is 2. The van der Waals surface area contributed by atoms with Crippen molar-refractivity contribution in [2.75, 3.05) is 13.6 Å². The molecule has 0 unspecified atom stereocenters. The summed E-state index contributed by atoms with van der Waals surface area (Å²) in [6.45, 7) is 0.243. The molecule has 3 aromatic rings. The molecule has 3 rings (SSSR count). The molecule has 0 aliphatic rings. The molecule has 2 aromatic carbocycles. The number of guanidine groups is 1. The molecule has 0 aliphatic carbocycles. The molecule has 0 saturated heterocycles. The number of aromatic amines is 1. The van der Waals surface area contributed by atoms with Crippen LogP contribution in [-0.4, -0.2) is 31.1 Å². The minimum Gasteiger partial charge on any atom is -0.434 e. The minimum atomic E-state index is -2.85. The Balaban J connectivity index is 1.56. The van der Waals surface area contributed by atoms with Gasteiger partial charge in [0.05, 0.1) is 0 Å². The standard InChI is InChI=1S/C21H24F2N4O/c1-14-16(17-8-4-5-9-18(17)27-14)11-12-25-21(24-2)26-13-15-7-3-6-10-19(15)28-20(22)23/h3-10,20,27H,11-13H2,1-2H3,(H2,24,25,26). The fourth-order valence-corrected chi connectivity index (χ4v) is 3.22. The summed E-state index contributed by atoms with van der Waals surface area (Å²) in [6.07, 6.45) is 0.835. The van der Waals surface area contributed by atoms with Gasteiger partial charge in [-0.1, -0.05) is 36.4 Å². The third-order valence-corrected chi connectivity index (χ3v) is 4.55. The zero-order chi connectivity index (χ0) is 19.9. The third kappa shape index (κ3) is 4.79.